The highest BCUT2D eigenvalue weighted by molar-refractivity contribution is 7.92. The number of carbonyl (C=O) groups is 1. The van der Waals surface area contributed by atoms with Gasteiger partial charge in [-0.25, -0.2) is 8.42 Å². The van der Waals surface area contributed by atoms with E-state index in [9.17, 15) is 13.2 Å². The minimum absolute atomic E-state index is 0.0796. The Kier molecular flexibility index (Phi) is 6.17. The van der Waals surface area contributed by atoms with Gasteiger partial charge in [0.2, 0.25) is 22.7 Å². The highest BCUT2D eigenvalue weighted by atomic mass is 32.2. The van der Waals surface area contributed by atoms with Gasteiger partial charge in [-0.15, -0.1) is 0 Å². The van der Waals surface area contributed by atoms with Gasteiger partial charge in [0.1, 0.15) is 12.3 Å². The summed E-state index contributed by atoms with van der Waals surface area (Å²) in [5.41, 5.74) is 1.15. The van der Waals surface area contributed by atoms with Crippen LogP contribution in [0.3, 0.4) is 0 Å². The molecule has 0 radical (unpaired) electrons. The molecule has 1 aliphatic heterocycles. The molecule has 29 heavy (non-hydrogen) atoms. The number of para-hydroxylation sites is 1. The topological polar surface area (TPSA) is 94.2 Å². The fourth-order valence-corrected chi connectivity index (χ4v) is 4.13. The van der Waals surface area contributed by atoms with Crippen LogP contribution < -0.4 is 23.8 Å². The third-order valence-corrected chi connectivity index (χ3v) is 6.36. The van der Waals surface area contributed by atoms with Crippen molar-refractivity contribution in [1.29, 1.82) is 0 Å². The quantitative estimate of drug-likeness (QED) is 0.705. The number of hydrogen-bond acceptors (Lipinski definition) is 6. The Balaban J connectivity index is 1.80. The number of ether oxygens (including phenoxy) is 3. The standard InChI is InChI=1S/C20H24N2O6S/c1-4-29(24,25)22(15-9-10-18-19(11-15)28-13-27-18)12-20(23)21-14(2)16-7-5-6-8-17(16)26-3/h5-11,14H,4,12-13H2,1-3H3,(H,21,23)/t14-/m0/s1. The van der Waals surface area contributed by atoms with Gasteiger partial charge in [0.05, 0.1) is 24.6 Å². The number of sulfonamides is 1. The van der Waals surface area contributed by atoms with Crippen LogP contribution in [-0.4, -0.2) is 40.5 Å². The maximum absolute atomic E-state index is 12.7. The Hall–Kier alpha value is -2.94. The first kappa shape index (κ1) is 20.8. The van der Waals surface area contributed by atoms with Crippen LogP contribution >= 0.6 is 0 Å². The third-order valence-electron chi connectivity index (χ3n) is 4.61. The molecule has 1 aliphatic rings. The number of amides is 1. The molecular weight excluding hydrogens is 396 g/mol. The number of rotatable bonds is 8. The van der Waals surface area contributed by atoms with Gasteiger partial charge < -0.3 is 19.5 Å². The second kappa shape index (κ2) is 8.60. The van der Waals surface area contributed by atoms with E-state index in [0.717, 1.165) is 9.87 Å². The zero-order valence-corrected chi connectivity index (χ0v) is 17.4. The van der Waals surface area contributed by atoms with Crippen LogP contribution in [0.25, 0.3) is 0 Å². The summed E-state index contributed by atoms with van der Waals surface area (Å²) in [6, 6.07) is 11.8. The van der Waals surface area contributed by atoms with E-state index in [1.807, 2.05) is 25.1 Å². The monoisotopic (exact) mass is 420 g/mol. The number of fused-ring (bicyclic) bond motifs is 1. The van der Waals surface area contributed by atoms with E-state index in [-0.39, 0.29) is 25.1 Å². The van der Waals surface area contributed by atoms with Crippen LogP contribution in [0.4, 0.5) is 5.69 Å². The lowest BCUT2D eigenvalue weighted by Gasteiger charge is -2.25. The lowest BCUT2D eigenvalue weighted by molar-refractivity contribution is -0.120. The van der Waals surface area contributed by atoms with Crippen LogP contribution in [0.1, 0.15) is 25.5 Å². The van der Waals surface area contributed by atoms with Crippen molar-refractivity contribution in [3.05, 3.63) is 48.0 Å². The van der Waals surface area contributed by atoms with Crippen molar-refractivity contribution in [3.8, 4) is 17.2 Å². The number of anilines is 1. The lowest BCUT2D eigenvalue weighted by atomic mass is 10.1. The van der Waals surface area contributed by atoms with Gasteiger partial charge in [0.25, 0.3) is 0 Å². The first-order valence-electron chi connectivity index (χ1n) is 9.18. The molecule has 3 rings (SSSR count). The molecule has 1 amide bonds. The minimum Gasteiger partial charge on any atom is -0.496 e. The Bertz CT molecular complexity index is 992. The molecule has 9 heteroatoms. The summed E-state index contributed by atoms with van der Waals surface area (Å²) in [4.78, 5) is 12.7. The van der Waals surface area contributed by atoms with Crippen LogP contribution in [0, 0.1) is 0 Å². The molecule has 156 valence electrons. The maximum Gasteiger partial charge on any atom is 0.241 e. The molecule has 0 fully saturated rings. The van der Waals surface area contributed by atoms with E-state index in [0.29, 0.717) is 22.9 Å². The fourth-order valence-electron chi connectivity index (χ4n) is 3.07. The summed E-state index contributed by atoms with van der Waals surface area (Å²) in [6.07, 6.45) is 0. The number of carbonyl (C=O) groups excluding carboxylic acids is 1. The van der Waals surface area contributed by atoms with E-state index in [1.165, 1.54) is 6.92 Å². The molecule has 0 saturated heterocycles. The molecule has 0 saturated carbocycles. The van der Waals surface area contributed by atoms with E-state index < -0.39 is 15.9 Å². The molecule has 0 aromatic heterocycles. The Morgan fingerprint density at radius 3 is 2.66 bits per heavy atom. The second-order valence-electron chi connectivity index (χ2n) is 6.48. The highest BCUT2D eigenvalue weighted by Gasteiger charge is 2.26. The van der Waals surface area contributed by atoms with Gasteiger partial charge >= 0.3 is 0 Å². The summed E-state index contributed by atoms with van der Waals surface area (Å²) < 4.78 is 42.3. The van der Waals surface area contributed by atoms with Crippen LogP contribution in [0.5, 0.6) is 17.2 Å². The molecule has 1 N–H and O–H groups in total. The van der Waals surface area contributed by atoms with Crippen molar-refractivity contribution >= 4 is 21.6 Å². The van der Waals surface area contributed by atoms with Crippen molar-refractivity contribution < 1.29 is 27.4 Å². The van der Waals surface area contributed by atoms with Crippen molar-refractivity contribution in [3.63, 3.8) is 0 Å². The molecule has 0 bridgehead atoms. The van der Waals surface area contributed by atoms with Gasteiger partial charge in [-0.2, -0.15) is 0 Å². The summed E-state index contributed by atoms with van der Waals surface area (Å²) in [5, 5.41) is 2.84. The number of nitrogens with one attached hydrogen (secondary N) is 1. The SMILES string of the molecule is CCS(=O)(=O)N(CC(=O)N[C@@H](C)c1ccccc1OC)c1ccc2c(c1)OCO2. The first-order chi connectivity index (χ1) is 13.9. The van der Waals surface area contributed by atoms with Gasteiger partial charge in [-0.05, 0) is 32.0 Å². The van der Waals surface area contributed by atoms with Crippen molar-refractivity contribution in [1.82, 2.24) is 5.32 Å². The molecule has 0 unspecified atom stereocenters. The number of hydrogen-bond donors (Lipinski definition) is 1. The normalized spacial score (nSPS) is 13.6. The summed E-state index contributed by atoms with van der Waals surface area (Å²) in [6.45, 7) is 3.07. The Morgan fingerprint density at radius 2 is 1.93 bits per heavy atom. The van der Waals surface area contributed by atoms with Gasteiger partial charge in [0.15, 0.2) is 11.5 Å². The van der Waals surface area contributed by atoms with Crippen LogP contribution in [0.15, 0.2) is 42.5 Å². The van der Waals surface area contributed by atoms with Crippen molar-refractivity contribution in [2.45, 2.75) is 19.9 Å². The molecule has 0 aliphatic carbocycles. The lowest BCUT2D eigenvalue weighted by Crippen LogP contribution is -2.42. The van der Waals surface area contributed by atoms with E-state index >= 15 is 0 Å². The molecule has 2 aromatic rings. The van der Waals surface area contributed by atoms with Crippen molar-refractivity contribution in [2.24, 2.45) is 0 Å². The number of methoxy groups -OCH3 is 1. The number of nitrogens with zero attached hydrogens (tertiary/aromatic N) is 1. The van der Waals surface area contributed by atoms with Crippen LogP contribution in [0.2, 0.25) is 0 Å². The second-order valence-corrected chi connectivity index (χ2v) is 8.66. The largest absolute Gasteiger partial charge is 0.496 e. The molecule has 1 atom stereocenters. The highest BCUT2D eigenvalue weighted by Crippen LogP contribution is 2.36. The van der Waals surface area contributed by atoms with E-state index in [4.69, 9.17) is 14.2 Å². The van der Waals surface area contributed by atoms with Gasteiger partial charge in [0, 0.05) is 11.6 Å². The van der Waals surface area contributed by atoms with Gasteiger partial charge in [-0.1, -0.05) is 18.2 Å². The first-order valence-corrected chi connectivity index (χ1v) is 10.8. The Morgan fingerprint density at radius 1 is 1.21 bits per heavy atom. The molecule has 8 nitrogen and oxygen atoms in total. The summed E-state index contributed by atoms with van der Waals surface area (Å²) in [7, 11) is -2.13. The van der Waals surface area contributed by atoms with Crippen LogP contribution in [-0.2, 0) is 14.8 Å². The zero-order valence-electron chi connectivity index (χ0n) is 16.5. The van der Waals surface area contributed by atoms with E-state index in [1.54, 1.807) is 31.4 Å². The molecule has 2 aromatic carbocycles. The van der Waals surface area contributed by atoms with Crippen molar-refractivity contribution in [2.75, 3.05) is 30.5 Å². The minimum atomic E-state index is -3.69. The molecular formula is C20H24N2O6S. The fraction of sp³-hybridized carbons (Fsp3) is 0.350. The Labute approximate surface area is 170 Å². The smallest absolute Gasteiger partial charge is 0.241 e. The molecule has 1 heterocycles. The predicted molar refractivity (Wildman–Crippen MR) is 109 cm³/mol. The van der Waals surface area contributed by atoms with E-state index in [2.05, 4.69) is 5.32 Å². The summed E-state index contributed by atoms with van der Waals surface area (Å²) >= 11 is 0. The number of benzene rings is 2. The average Bonchev–Trinajstić information content (AvgIpc) is 3.19. The average molecular weight is 420 g/mol. The molecule has 0 spiro atoms. The predicted octanol–water partition coefficient (Wildman–Crippen LogP) is 2.46. The zero-order chi connectivity index (χ0) is 21.0. The van der Waals surface area contributed by atoms with Gasteiger partial charge in [-0.3, -0.25) is 9.10 Å². The summed E-state index contributed by atoms with van der Waals surface area (Å²) in [5.74, 6) is 1.06. The third kappa shape index (κ3) is 4.56. The maximum atomic E-state index is 12.7.